The number of carbonyl (C=O) groups excluding carboxylic acids is 1. The summed E-state index contributed by atoms with van der Waals surface area (Å²) in [4.78, 5) is 16.8. The smallest absolute Gasteiger partial charge is 0.253 e. The average Bonchev–Trinajstić information content (AvgIpc) is 3.14. The highest BCUT2D eigenvalue weighted by atomic mass is 32.1. The van der Waals surface area contributed by atoms with Crippen LogP contribution < -0.4 is 5.32 Å². The van der Waals surface area contributed by atoms with Crippen molar-refractivity contribution in [1.29, 1.82) is 0 Å². The van der Waals surface area contributed by atoms with Crippen LogP contribution in [-0.2, 0) is 12.8 Å². The Balaban J connectivity index is 1.55. The molecule has 0 bridgehead atoms. The first-order valence-corrected chi connectivity index (χ1v) is 7.83. The van der Waals surface area contributed by atoms with Gasteiger partial charge in [-0.15, -0.1) is 11.3 Å². The molecule has 0 spiro atoms. The molecule has 0 saturated carbocycles. The van der Waals surface area contributed by atoms with Crippen molar-refractivity contribution in [3.63, 3.8) is 0 Å². The topological polar surface area (TPSA) is 70.7 Å². The van der Waals surface area contributed by atoms with E-state index in [1.165, 1.54) is 16.9 Å². The third-order valence-electron chi connectivity index (χ3n) is 3.96. The Morgan fingerprint density at radius 1 is 1.43 bits per heavy atom. The van der Waals surface area contributed by atoms with Crippen molar-refractivity contribution in [3.8, 4) is 0 Å². The van der Waals surface area contributed by atoms with E-state index in [9.17, 15) is 4.79 Å². The van der Waals surface area contributed by atoms with Crippen LogP contribution in [0.15, 0.2) is 29.9 Å². The molecule has 0 radical (unpaired) electrons. The molecule has 1 aliphatic carbocycles. The van der Waals surface area contributed by atoms with Crippen LogP contribution in [0.4, 0.5) is 0 Å². The van der Waals surface area contributed by atoms with Crippen LogP contribution in [0.3, 0.4) is 0 Å². The number of hydrogen-bond donors (Lipinski definition) is 2. The number of aromatic nitrogens is 3. The van der Waals surface area contributed by atoms with Gasteiger partial charge < -0.3 is 5.32 Å². The van der Waals surface area contributed by atoms with E-state index in [0.717, 1.165) is 35.2 Å². The Bertz CT molecular complexity index is 807. The molecule has 0 fully saturated rings. The van der Waals surface area contributed by atoms with E-state index in [4.69, 9.17) is 0 Å². The quantitative estimate of drug-likeness (QED) is 0.762. The predicted molar refractivity (Wildman–Crippen MR) is 81.5 cm³/mol. The van der Waals surface area contributed by atoms with Gasteiger partial charge in [-0.1, -0.05) is 6.07 Å². The molecule has 3 aromatic rings. The van der Waals surface area contributed by atoms with Crippen LogP contribution in [0.5, 0.6) is 0 Å². The van der Waals surface area contributed by atoms with Crippen molar-refractivity contribution in [1.82, 2.24) is 20.5 Å². The molecule has 1 aromatic carbocycles. The maximum Gasteiger partial charge on any atom is 0.253 e. The summed E-state index contributed by atoms with van der Waals surface area (Å²) >= 11 is 1.51. The van der Waals surface area contributed by atoms with Crippen molar-refractivity contribution in [2.75, 3.05) is 0 Å². The second-order valence-corrected chi connectivity index (χ2v) is 6.15. The first-order valence-electron chi connectivity index (χ1n) is 6.95. The summed E-state index contributed by atoms with van der Waals surface area (Å²) in [6, 6.07) is 5.83. The lowest BCUT2D eigenvalue weighted by molar-refractivity contribution is 0.0935. The second-order valence-electron chi connectivity index (χ2n) is 5.29. The number of amides is 1. The third-order valence-corrected chi connectivity index (χ3v) is 4.83. The Labute approximate surface area is 125 Å². The lowest BCUT2D eigenvalue weighted by Gasteiger charge is -2.22. The largest absolute Gasteiger partial charge is 0.349 e. The van der Waals surface area contributed by atoms with Gasteiger partial charge in [-0.25, -0.2) is 4.98 Å². The van der Waals surface area contributed by atoms with Gasteiger partial charge in [-0.3, -0.25) is 9.89 Å². The minimum Gasteiger partial charge on any atom is -0.349 e. The summed E-state index contributed by atoms with van der Waals surface area (Å²) in [5, 5.41) is 10.2. The van der Waals surface area contributed by atoms with Crippen LogP contribution in [0.1, 0.15) is 28.0 Å². The van der Waals surface area contributed by atoms with Crippen LogP contribution in [0.25, 0.3) is 10.2 Å². The number of thiazole rings is 1. The summed E-state index contributed by atoms with van der Waals surface area (Å²) in [5.74, 6) is -0.0159. The van der Waals surface area contributed by atoms with Crippen LogP contribution in [0.2, 0.25) is 0 Å². The average molecular weight is 298 g/mol. The van der Waals surface area contributed by atoms with E-state index in [2.05, 4.69) is 20.5 Å². The number of H-pyrrole nitrogens is 1. The molecule has 1 atom stereocenters. The van der Waals surface area contributed by atoms with Gasteiger partial charge in [0.15, 0.2) is 0 Å². The number of hydrogen-bond acceptors (Lipinski definition) is 4. The van der Waals surface area contributed by atoms with E-state index in [1.807, 2.05) is 24.4 Å². The monoisotopic (exact) mass is 298 g/mol. The van der Waals surface area contributed by atoms with E-state index < -0.39 is 0 Å². The molecule has 2 heterocycles. The van der Waals surface area contributed by atoms with Crippen LogP contribution >= 0.6 is 11.3 Å². The fourth-order valence-electron chi connectivity index (χ4n) is 2.86. The van der Waals surface area contributed by atoms with Gasteiger partial charge in [0.05, 0.1) is 27.5 Å². The number of nitrogens with zero attached hydrogens (tertiary/aromatic N) is 2. The van der Waals surface area contributed by atoms with E-state index >= 15 is 0 Å². The van der Waals surface area contributed by atoms with Crippen molar-refractivity contribution < 1.29 is 4.79 Å². The zero-order chi connectivity index (χ0) is 14.2. The fourth-order valence-corrected chi connectivity index (χ4v) is 3.66. The minimum atomic E-state index is -0.0159. The summed E-state index contributed by atoms with van der Waals surface area (Å²) in [7, 11) is 0. The summed E-state index contributed by atoms with van der Waals surface area (Å²) < 4.78 is 0.952. The number of fused-ring (bicyclic) bond motifs is 2. The highest BCUT2D eigenvalue weighted by Crippen LogP contribution is 2.23. The predicted octanol–water partition coefficient (Wildman–Crippen LogP) is 2.31. The summed E-state index contributed by atoms with van der Waals surface area (Å²) in [6.45, 7) is 0. The Kier molecular flexibility index (Phi) is 2.96. The zero-order valence-corrected chi connectivity index (χ0v) is 12.1. The van der Waals surface area contributed by atoms with Gasteiger partial charge in [0.2, 0.25) is 0 Å². The fraction of sp³-hybridized carbons (Fsp3) is 0.267. The third kappa shape index (κ3) is 2.21. The molecule has 2 N–H and O–H groups in total. The molecule has 2 aromatic heterocycles. The van der Waals surface area contributed by atoms with Crippen LogP contribution in [-0.4, -0.2) is 27.1 Å². The normalized spacial score (nSPS) is 17.6. The Morgan fingerprint density at radius 3 is 3.33 bits per heavy atom. The van der Waals surface area contributed by atoms with E-state index in [0.29, 0.717) is 5.56 Å². The molecular weight excluding hydrogens is 284 g/mol. The molecule has 1 aliphatic rings. The van der Waals surface area contributed by atoms with Gasteiger partial charge in [-0.2, -0.15) is 5.10 Å². The minimum absolute atomic E-state index is 0.0159. The number of carbonyl (C=O) groups is 1. The number of rotatable bonds is 2. The van der Waals surface area contributed by atoms with Gasteiger partial charge in [0, 0.05) is 18.2 Å². The van der Waals surface area contributed by atoms with Crippen molar-refractivity contribution in [3.05, 3.63) is 46.7 Å². The molecule has 21 heavy (non-hydrogen) atoms. The molecule has 4 rings (SSSR count). The first kappa shape index (κ1) is 12.5. The second kappa shape index (κ2) is 4.96. The van der Waals surface area contributed by atoms with Gasteiger partial charge in [-0.05, 0) is 30.5 Å². The molecule has 106 valence electrons. The molecule has 5 nitrogen and oxygen atoms in total. The zero-order valence-electron chi connectivity index (χ0n) is 11.3. The SMILES string of the molecule is O=C(NC1CCc2cn[nH]c2C1)c1cccc2ncsc12. The summed E-state index contributed by atoms with van der Waals surface area (Å²) in [6.07, 6.45) is 4.61. The van der Waals surface area contributed by atoms with Crippen molar-refractivity contribution >= 4 is 27.5 Å². The summed E-state index contributed by atoms with van der Waals surface area (Å²) in [5.41, 5.74) is 5.78. The van der Waals surface area contributed by atoms with E-state index in [1.54, 1.807) is 5.51 Å². The number of aryl methyl sites for hydroxylation is 1. The molecule has 6 heteroatoms. The molecule has 0 aliphatic heterocycles. The highest BCUT2D eigenvalue weighted by molar-refractivity contribution is 7.17. The van der Waals surface area contributed by atoms with Crippen molar-refractivity contribution in [2.24, 2.45) is 0 Å². The maximum atomic E-state index is 12.5. The number of aromatic amines is 1. The standard InChI is InChI=1S/C15H14N4OS/c20-15(11-2-1-3-12-14(11)21-8-16-12)18-10-5-4-9-7-17-19-13(9)6-10/h1-3,7-8,10H,4-6H2,(H,17,19)(H,18,20). The number of benzene rings is 1. The van der Waals surface area contributed by atoms with E-state index in [-0.39, 0.29) is 11.9 Å². The van der Waals surface area contributed by atoms with Crippen LogP contribution in [0, 0.1) is 0 Å². The Morgan fingerprint density at radius 2 is 2.38 bits per heavy atom. The lowest BCUT2D eigenvalue weighted by Crippen LogP contribution is -2.38. The molecular formula is C15H14N4OS. The first-order chi connectivity index (χ1) is 10.3. The highest BCUT2D eigenvalue weighted by Gasteiger charge is 2.22. The Hall–Kier alpha value is -2.21. The molecule has 0 saturated heterocycles. The lowest BCUT2D eigenvalue weighted by atomic mass is 9.93. The maximum absolute atomic E-state index is 12.5. The van der Waals surface area contributed by atoms with Crippen molar-refractivity contribution in [2.45, 2.75) is 25.3 Å². The number of nitrogens with one attached hydrogen (secondary N) is 2. The van der Waals surface area contributed by atoms with Gasteiger partial charge in [0.1, 0.15) is 0 Å². The van der Waals surface area contributed by atoms with Gasteiger partial charge >= 0.3 is 0 Å². The van der Waals surface area contributed by atoms with Gasteiger partial charge in [0.25, 0.3) is 5.91 Å². The molecule has 1 unspecified atom stereocenters. The molecule has 1 amide bonds.